The van der Waals surface area contributed by atoms with Gasteiger partial charge in [0.2, 0.25) is 5.91 Å². The number of benzene rings is 2. The Morgan fingerprint density at radius 2 is 1.68 bits per heavy atom. The molecule has 192 valence electrons. The lowest BCUT2D eigenvalue weighted by atomic mass is 10.0. The lowest BCUT2D eigenvalue weighted by Gasteiger charge is -2.10. The van der Waals surface area contributed by atoms with Gasteiger partial charge in [-0.3, -0.25) is 14.2 Å². The number of rotatable bonds is 8. The molecule has 8 nitrogen and oxygen atoms in total. The summed E-state index contributed by atoms with van der Waals surface area (Å²) in [6.07, 6.45) is 1.37. The maximum atomic E-state index is 13.4. The topological polar surface area (TPSA) is 99.5 Å². The van der Waals surface area contributed by atoms with Gasteiger partial charge >= 0.3 is 5.97 Å². The number of nitrogens with zero attached hydrogens (tertiary/aromatic N) is 2. The lowest BCUT2D eigenvalue weighted by Crippen LogP contribution is -2.28. The van der Waals surface area contributed by atoms with Gasteiger partial charge in [-0.1, -0.05) is 42.5 Å². The number of nitrogens with one attached hydrogen (secondary N) is 1. The molecule has 0 aliphatic heterocycles. The van der Waals surface area contributed by atoms with E-state index in [1.54, 1.807) is 14.0 Å². The number of anilines is 1. The largest absolute Gasteiger partial charge is 0.497 e. The standard InChI is InChI=1S/C28H23N3O5S2/c1-3-36-28(34)24-21(17-7-5-4-6-8-17)15-38-26(24)30-22(32)13-31-16-29-25-23(27(31)33)20(14-37-25)18-9-11-19(35-2)12-10-18/h4-12,14-16H,3,13H2,1-2H3,(H,30,32). The van der Waals surface area contributed by atoms with Crippen molar-refractivity contribution in [3.05, 3.63) is 87.6 Å². The van der Waals surface area contributed by atoms with Crippen LogP contribution in [0.25, 0.3) is 32.5 Å². The van der Waals surface area contributed by atoms with Crippen LogP contribution in [-0.4, -0.2) is 35.1 Å². The number of carbonyl (C=O) groups is 2. The third kappa shape index (κ3) is 4.96. The van der Waals surface area contributed by atoms with Crippen molar-refractivity contribution in [2.45, 2.75) is 13.5 Å². The molecular weight excluding hydrogens is 522 g/mol. The van der Waals surface area contributed by atoms with Crippen LogP contribution in [0, 0.1) is 0 Å². The summed E-state index contributed by atoms with van der Waals surface area (Å²) in [6, 6.07) is 16.8. The average Bonchev–Trinajstić information content (AvgIpc) is 3.56. The number of fused-ring (bicyclic) bond motifs is 1. The summed E-state index contributed by atoms with van der Waals surface area (Å²) in [5, 5.41) is 7.30. The predicted octanol–water partition coefficient (Wildman–Crippen LogP) is 5.68. The molecular formula is C28H23N3O5S2. The molecule has 0 aliphatic carbocycles. The van der Waals surface area contributed by atoms with E-state index in [1.165, 1.54) is 33.6 Å². The Labute approximate surface area is 226 Å². The minimum atomic E-state index is -0.523. The number of ether oxygens (including phenoxy) is 2. The van der Waals surface area contributed by atoms with Crippen molar-refractivity contribution in [2.75, 3.05) is 19.0 Å². The smallest absolute Gasteiger partial charge is 0.341 e. The zero-order valence-corrected chi connectivity index (χ0v) is 22.2. The van der Waals surface area contributed by atoms with Crippen LogP contribution in [0.3, 0.4) is 0 Å². The van der Waals surface area contributed by atoms with Crippen molar-refractivity contribution >= 4 is 49.8 Å². The van der Waals surface area contributed by atoms with E-state index in [1.807, 2.05) is 65.4 Å². The predicted molar refractivity (Wildman–Crippen MR) is 150 cm³/mol. The highest BCUT2D eigenvalue weighted by Gasteiger charge is 2.23. The number of esters is 1. The third-order valence-corrected chi connectivity index (χ3v) is 7.67. The Hall–Kier alpha value is -4.28. The van der Waals surface area contributed by atoms with Crippen molar-refractivity contribution in [3.8, 4) is 28.0 Å². The van der Waals surface area contributed by atoms with Gasteiger partial charge in [-0.25, -0.2) is 9.78 Å². The summed E-state index contributed by atoms with van der Waals surface area (Å²) in [5.74, 6) is -0.265. The molecule has 0 saturated heterocycles. The van der Waals surface area contributed by atoms with Gasteiger partial charge in [0.25, 0.3) is 5.56 Å². The van der Waals surface area contributed by atoms with E-state index in [9.17, 15) is 14.4 Å². The molecule has 1 N–H and O–H groups in total. The van der Waals surface area contributed by atoms with Gasteiger partial charge < -0.3 is 14.8 Å². The number of thiophene rings is 2. The SMILES string of the molecule is CCOC(=O)c1c(-c2ccccc2)csc1NC(=O)Cn1cnc2scc(-c3ccc(OC)cc3)c2c1=O. The van der Waals surface area contributed by atoms with E-state index in [0.29, 0.717) is 26.5 Å². The first-order valence-corrected chi connectivity index (χ1v) is 13.5. The van der Waals surface area contributed by atoms with Crippen LogP contribution in [-0.2, 0) is 16.1 Å². The molecule has 0 unspecified atom stereocenters. The van der Waals surface area contributed by atoms with Gasteiger partial charge in [-0.15, -0.1) is 22.7 Å². The molecule has 0 fully saturated rings. The highest BCUT2D eigenvalue weighted by Crippen LogP contribution is 2.36. The Kier molecular flexibility index (Phi) is 7.34. The van der Waals surface area contributed by atoms with Gasteiger partial charge in [0.15, 0.2) is 0 Å². The molecule has 1 amide bonds. The van der Waals surface area contributed by atoms with E-state index in [0.717, 1.165) is 16.7 Å². The molecule has 3 aromatic heterocycles. The molecule has 0 spiro atoms. The van der Waals surface area contributed by atoms with Crippen LogP contribution in [0.1, 0.15) is 17.3 Å². The second kappa shape index (κ2) is 11.0. The van der Waals surface area contributed by atoms with Crippen LogP contribution in [0.5, 0.6) is 5.75 Å². The molecule has 5 aromatic rings. The Bertz CT molecular complexity index is 1670. The maximum absolute atomic E-state index is 13.4. The van der Waals surface area contributed by atoms with Gasteiger partial charge in [-0.2, -0.15) is 0 Å². The third-order valence-electron chi connectivity index (χ3n) is 5.88. The van der Waals surface area contributed by atoms with E-state index in [2.05, 4.69) is 10.3 Å². The highest BCUT2D eigenvalue weighted by molar-refractivity contribution is 7.17. The van der Waals surface area contributed by atoms with E-state index >= 15 is 0 Å². The molecule has 0 radical (unpaired) electrons. The number of hydrogen-bond acceptors (Lipinski definition) is 8. The number of methoxy groups -OCH3 is 1. The quantitative estimate of drug-likeness (QED) is 0.252. The van der Waals surface area contributed by atoms with Crippen molar-refractivity contribution in [1.29, 1.82) is 0 Å². The first-order valence-electron chi connectivity index (χ1n) is 11.7. The molecule has 10 heteroatoms. The van der Waals surface area contributed by atoms with Crippen LogP contribution in [0.15, 0.2) is 76.5 Å². The Balaban J connectivity index is 1.44. The van der Waals surface area contributed by atoms with Crippen LogP contribution in [0.4, 0.5) is 5.00 Å². The minimum absolute atomic E-state index is 0.203. The van der Waals surface area contributed by atoms with Gasteiger partial charge in [0.1, 0.15) is 27.7 Å². The molecule has 0 aliphatic rings. The van der Waals surface area contributed by atoms with Crippen LogP contribution in [0.2, 0.25) is 0 Å². The monoisotopic (exact) mass is 545 g/mol. The van der Waals surface area contributed by atoms with Crippen molar-refractivity contribution in [2.24, 2.45) is 0 Å². The van der Waals surface area contributed by atoms with Crippen LogP contribution >= 0.6 is 22.7 Å². The molecule has 2 aromatic carbocycles. The second-order valence-electron chi connectivity index (χ2n) is 8.22. The summed E-state index contributed by atoms with van der Waals surface area (Å²) in [5.41, 5.74) is 3.07. The van der Waals surface area contributed by atoms with Gasteiger partial charge in [0.05, 0.1) is 25.4 Å². The molecule has 38 heavy (non-hydrogen) atoms. The highest BCUT2D eigenvalue weighted by atomic mass is 32.1. The number of aromatic nitrogens is 2. The maximum Gasteiger partial charge on any atom is 0.341 e. The fourth-order valence-electron chi connectivity index (χ4n) is 4.07. The lowest BCUT2D eigenvalue weighted by molar-refractivity contribution is -0.116. The fraction of sp³-hybridized carbons (Fsp3) is 0.143. The normalized spacial score (nSPS) is 10.9. The van der Waals surface area contributed by atoms with E-state index in [-0.39, 0.29) is 24.3 Å². The first-order chi connectivity index (χ1) is 18.5. The summed E-state index contributed by atoms with van der Waals surface area (Å²) in [4.78, 5) is 44.3. The molecule has 0 bridgehead atoms. The van der Waals surface area contributed by atoms with Crippen molar-refractivity contribution < 1.29 is 19.1 Å². The summed E-state index contributed by atoms with van der Waals surface area (Å²) < 4.78 is 11.8. The Morgan fingerprint density at radius 3 is 2.39 bits per heavy atom. The van der Waals surface area contributed by atoms with E-state index < -0.39 is 11.9 Å². The zero-order valence-electron chi connectivity index (χ0n) is 20.6. The minimum Gasteiger partial charge on any atom is -0.497 e. The van der Waals surface area contributed by atoms with E-state index in [4.69, 9.17) is 9.47 Å². The van der Waals surface area contributed by atoms with Crippen molar-refractivity contribution in [3.63, 3.8) is 0 Å². The molecule has 3 heterocycles. The number of hydrogen-bond donors (Lipinski definition) is 1. The Morgan fingerprint density at radius 1 is 0.974 bits per heavy atom. The zero-order chi connectivity index (χ0) is 26.6. The first kappa shape index (κ1) is 25.4. The van der Waals surface area contributed by atoms with Gasteiger partial charge in [0, 0.05) is 21.9 Å². The van der Waals surface area contributed by atoms with Gasteiger partial charge in [-0.05, 0) is 30.2 Å². The van der Waals surface area contributed by atoms with Crippen LogP contribution < -0.4 is 15.6 Å². The summed E-state index contributed by atoms with van der Waals surface area (Å²) in [7, 11) is 1.59. The summed E-state index contributed by atoms with van der Waals surface area (Å²) in [6.45, 7) is 1.67. The molecule has 5 rings (SSSR count). The summed E-state index contributed by atoms with van der Waals surface area (Å²) >= 11 is 2.60. The molecule has 0 atom stereocenters. The second-order valence-corrected chi connectivity index (χ2v) is 9.96. The van der Waals surface area contributed by atoms with Crippen molar-refractivity contribution in [1.82, 2.24) is 9.55 Å². The fourth-order valence-corrected chi connectivity index (χ4v) is 5.95. The molecule has 0 saturated carbocycles. The number of amides is 1. The number of carbonyl (C=O) groups excluding carboxylic acids is 2. The average molecular weight is 546 g/mol.